The highest BCUT2D eigenvalue weighted by Gasteiger charge is 2.22. The summed E-state index contributed by atoms with van der Waals surface area (Å²) in [6.07, 6.45) is 6.15. The van der Waals surface area contributed by atoms with Gasteiger partial charge in [0.1, 0.15) is 0 Å². The zero-order chi connectivity index (χ0) is 38.7. The minimum Gasteiger partial charge on any atom is -0.313 e. The molecule has 0 spiro atoms. The van der Waals surface area contributed by atoms with Gasteiger partial charge in [0.15, 0.2) is 0 Å². The molecule has 0 fully saturated rings. The molecule has 0 saturated heterocycles. The van der Waals surface area contributed by atoms with Crippen molar-refractivity contribution < 1.29 is 0 Å². The van der Waals surface area contributed by atoms with Crippen LogP contribution in [-0.2, 0) is 0 Å². The predicted molar refractivity (Wildman–Crippen MR) is 247 cm³/mol. The van der Waals surface area contributed by atoms with E-state index in [2.05, 4.69) is 227 Å². The average molecular weight is 742 g/mol. The lowest BCUT2D eigenvalue weighted by Gasteiger charge is -2.11. The first kappa shape index (κ1) is 33.7. The highest BCUT2D eigenvalue weighted by molar-refractivity contribution is 6.24. The molecule has 8 aromatic carbocycles. The van der Waals surface area contributed by atoms with Gasteiger partial charge in [-0.1, -0.05) is 134 Å². The molecule has 0 aliphatic heterocycles. The number of nitrogens with zero attached hydrogens (tertiary/aromatic N) is 3. The Hall–Kier alpha value is -7.62. The van der Waals surface area contributed by atoms with Crippen molar-refractivity contribution in [2.45, 2.75) is 6.92 Å². The predicted octanol–water partition coefficient (Wildman–Crippen LogP) is 14.7. The van der Waals surface area contributed by atoms with Gasteiger partial charge < -0.3 is 13.7 Å². The van der Waals surface area contributed by atoms with Crippen molar-refractivity contribution in [2.75, 3.05) is 0 Å². The number of hydrogen-bond donors (Lipinski definition) is 0. The summed E-state index contributed by atoms with van der Waals surface area (Å²) in [5, 5.41) is 6.19. The average Bonchev–Trinajstić information content (AvgIpc) is 3.90. The van der Waals surface area contributed by atoms with Crippen molar-refractivity contribution in [1.82, 2.24) is 13.7 Å². The molecular weight excluding hydrogens is 703 g/mol. The lowest BCUT2D eigenvalue weighted by Crippen LogP contribution is -1.96. The third kappa shape index (κ3) is 5.21. The van der Waals surface area contributed by atoms with Gasteiger partial charge in [-0.2, -0.15) is 0 Å². The Balaban J connectivity index is 1.19. The van der Waals surface area contributed by atoms with Crippen molar-refractivity contribution >= 4 is 60.6 Å². The van der Waals surface area contributed by atoms with Crippen LogP contribution < -0.4 is 0 Å². The standard InChI is InChI=1S/C55H39N3/c1-3-4-22-45-37(2)56(42-18-10-6-11-19-42)52-33-34-53-55(54(45)52)48-36-41(28-32-51(48)58(53)44-29-25-39(26-30-44)38-16-8-5-9-17-38)40-27-31-50-47(35-40)46-23-14-15-24-49(46)57(50)43-20-12-7-13-21-43/h3-36H,1H2,2H3/b22-4-. The fourth-order valence-electron chi connectivity index (χ4n) is 9.22. The third-order valence-corrected chi connectivity index (χ3v) is 11.8. The highest BCUT2D eigenvalue weighted by Crippen LogP contribution is 2.44. The topological polar surface area (TPSA) is 14.8 Å². The first-order valence-electron chi connectivity index (χ1n) is 19.9. The molecule has 0 aliphatic rings. The maximum atomic E-state index is 4.04. The first-order valence-corrected chi connectivity index (χ1v) is 19.9. The SMILES string of the molecule is C=C/C=C\c1c(C)n(-c2ccccc2)c2ccc3c(c4cc(-c5ccc6c(c5)c5ccccc5n6-c5ccccc5)ccc4n3-c3ccc(-c4ccccc4)cc3)c12. The minimum atomic E-state index is 1.13. The molecule has 11 aromatic rings. The Morgan fingerprint density at radius 1 is 0.379 bits per heavy atom. The Bertz CT molecular complexity index is 3380. The van der Waals surface area contributed by atoms with Crippen molar-refractivity contribution in [2.24, 2.45) is 0 Å². The molecule has 0 saturated carbocycles. The van der Waals surface area contributed by atoms with E-state index in [9.17, 15) is 0 Å². The van der Waals surface area contributed by atoms with E-state index in [4.69, 9.17) is 0 Å². The molecule has 58 heavy (non-hydrogen) atoms. The number of allylic oxidation sites excluding steroid dienone is 2. The summed E-state index contributed by atoms with van der Waals surface area (Å²) < 4.78 is 7.22. The van der Waals surface area contributed by atoms with E-state index in [1.807, 2.05) is 6.08 Å². The molecule has 0 unspecified atom stereocenters. The summed E-state index contributed by atoms with van der Waals surface area (Å²) in [6, 6.07) is 68.3. The van der Waals surface area contributed by atoms with Gasteiger partial charge in [0.05, 0.1) is 27.6 Å². The molecule has 11 rings (SSSR count). The fourth-order valence-corrected chi connectivity index (χ4v) is 9.22. The van der Waals surface area contributed by atoms with Crippen LogP contribution in [0.25, 0.3) is 99.9 Å². The van der Waals surface area contributed by atoms with Crippen molar-refractivity contribution in [3.8, 4) is 39.3 Å². The molecule has 3 aromatic heterocycles. The summed E-state index contributed by atoms with van der Waals surface area (Å²) >= 11 is 0. The molecule has 0 bridgehead atoms. The van der Waals surface area contributed by atoms with E-state index < -0.39 is 0 Å². The smallest absolute Gasteiger partial charge is 0.0548 e. The maximum Gasteiger partial charge on any atom is 0.0548 e. The van der Waals surface area contributed by atoms with Gasteiger partial charge in [-0.05, 0) is 108 Å². The van der Waals surface area contributed by atoms with Crippen LogP contribution in [0.1, 0.15) is 11.3 Å². The first-order chi connectivity index (χ1) is 28.7. The van der Waals surface area contributed by atoms with Gasteiger partial charge in [0, 0.05) is 55.3 Å². The van der Waals surface area contributed by atoms with Crippen LogP contribution in [-0.4, -0.2) is 13.7 Å². The summed E-state index contributed by atoms with van der Waals surface area (Å²) in [5.41, 5.74) is 16.5. The summed E-state index contributed by atoms with van der Waals surface area (Å²) in [5.74, 6) is 0. The third-order valence-electron chi connectivity index (χ3n) is 11.8. The Morgan fingerprint density at radius 2 is 0.845 bits per heavy atom. The van der Waals surface area contributed by atoms with Crippen LogP contribution in [0.4, 0.5) is 0 Å². The Labute approximate surface area is 337 Å². The van der Waals surface area contributed by atoms with Crippen LogP contribution in [0.3, 0.4) is 0 Å². The molecular formula is C55H39N3. The monoisotopic (exact) mass is 741 g/mol. The fraction of sp³-hybridized carbons (Fsp3) is 0.0182. The zero-order valence-corrected chi connectivity index (χ0v) is 32.2. The van der Waals surface area contributed by atoms with Crippen molar-refractivity contribution in [3.05, 3.63) is 218 Å². The summed E-state index contributed by atoms with van der Waals surface area (Å²) in [6.45, 7) is 6.27. The number of fused-ring (bicyclic) bond motifs is 8. The van der Waals surface area contributed by atoms with E-state index in [0.717, 1.165) is 17.1 Å². The number of benzene rings is 8. The molecule has 3 heterocycles. The Kier molecular flexibility index (Phi) is 7.87. The number of rotatable bonds is 7. The van der Waals surface area contributed by atoms with Gasteiger partial charge in [-0.3, -0.25) is 0 Å². The minimum absolute atomic E-state index is 1.13. The normalized spacial score (nSPS) is 11.9. The van der Waals surface area contributed by atoms with Gasteiger partial charge in [0.2, 0.25) is 0 Å². The quantitative estimate of drug-likeness (QED) is 0.145. The van der Waals surface area contributed by atoms with E-state index in [1.54, 1.807) is 0 Å². The van der Waals surface area contributed by atoms with Gasteiger partial charge in [-0.15, -0.1) is 0 Å². The van der Waals surface area contributed by atoms with Crippen molar-refractivity contribution in [3.63, 3.8) is 0 Å². The van der Waals surface area contributed by atoms with Crippen LogP contribution in [0.5, 0.6) is 0 Å². The van der Waals surface area contributed by atoms with Gasteiger partial charge in [0.25, 0.3) is 0 Å². The van der Waals surface area contributed by atoms with E-state index in [1.165, 1.54) is 88.0 Å². The lowest BCUT2D eigenvalue weighted by molar-refractivity contribution is 1.05. The molecule has 0 radical (unpaired) electrons. The largest absolute Gasteiger partial charge is 0.313 e. The van der Waals surface area contributed by atoms with E-state index in [-0.39, 0.29) is 0 Å². The molecule has 3 heteroatoms. The van der Waals surface area contributed by atoms with Crippen LogP contribution in [0, 0.1) is 6.92 Å². The molecule has 0 N–H and O–H groups in total. The second-order valence-electron chi connectivity index (χ2n) is 15.0. The zero-order valence-electron chi connectivity index (χ0n) is 32.2. The molecule has 3 nitrogen and oxygen atoms in total. The maximum absolute atomic E-state index is 4.04. The lowest BCUT2D eigenvalue weighted by atomic mass is 9.99. The van der Waals surface area contributed by atoms with Crippen LogP contribution in [0.2, 0.25) is 0 Å². The number of hydrogen-bond acceptors (Lipinski definition) is 0. The summed E-state index contributed by atoms with van der Waals surface area (Å²) in [4.78, 5) is 0. The second kappa shape index (κ2) is 13.5. The highest BCUT2D eigenvalue weighted by atomic mass is 15.0. The molecule has 0 aliphatic carbocycles. The number of aromatic nitrogens is 3. The second-order valence-corrected chi connectivity index (χ2v) is 15.0. The summed E-state index contributed by atoms with van der Waals surface area (Å²) in [7, 11) is 0. The molecule has 0 amide bonds. The van der Waals surface area contributed by atoms with Crippen molar-refractivity contribution in [1.29, 1.82) is 0 Å². The Morgan fingerprint density at radius 3 is 1.52 bits per heavy atom. The molecule has 0 atom stereocenters. The van der Waals surface area contributed by atoms with Gasteiger partial charge >= 0.3 is 0 Å². The number of para-hydroxylation sites is 3. The molecule has 274 valence electrons. The van der Waals surface area contributed by atoms with Gasteiger partial charge in [-0.25, -0.2) is 0 Å². The van der Waals surface area contributed by atoms with E-state index in [0.29, 0.717) is 0 Å². The van der Waals surface area contributed by atoms with Crippen LogP contribution >= 0.6 is 0 Å². The van der Waals surface area contributed by atoms with Crippen LogP contribution in [0.15, 0.2) is 207 Å². The van der Waals surface area contributed by atoms with E-state index >= 15 is 0 Å².